The van der Waals surface area contributed by atoms with Crippen LogP contribution in [0.4, 0.5) is 0 Å². The van der Waals surface area contributed by atoms with E-state index in [1.807, 2.05) is 50.1 Å². The van der Waals surface area contributed by atoms with Crippen LogP contribution < -0.4 is 0 Å². The van der Waals surface area contributed by atoms with Gasteiger partial charge in [-0.05, 0) is 6.92 Å². The quantitative estimate of drug-likeness (QED) is 0.586. The Bertz CT molecular complexity index is 136. The second-order valence-corrected chi connectivity index (χ2v) is 2.40. The summed E-state index contributed by atoms with van der Waals surface area (Å²) in [6.45, 7) is 5.86. The van der Waals surface area contributed by atoms with Crippen molar-refractivity contribution in [2.75, 3.05) is 21.1 Å². The van der Waals surface area contributed by atoms with Crippen LogP contribution in [-0.4, -0.2) is 30.9 Å². The Balaban J connectivity index is 3.95. The maximum absolute atomic E-state index is 3.87. The molecule has 0 heterocycles. The third-order valence-electron chi connectivity index (χ3n) is 1.30. The average molecular weight is 140 g/mol. The highest BCUT2D eigenvalue weighted by atomic mass is 15.3. The van der Waals surface area contributed by atoms with Gasteiger partial charge in [-0.1, -0.05) is 12.7 Å². The third-order valence-corrected chi connectivity index (χ3v) is 1.30. The van der Waals surface area contributed by atoms with Crippen molar-refractivity contribution in [2.45, 2.75) is 6.92 Å². The summed E-state index contributed by atoms with van der Waals surface area (Å²) in [5, 5.41) is 0. The molecule has 0 aliphatic carbocycles. The van der Waals surface area contributed by atoms with Gasteiger partial charge in [0.15, 0.2) is 0 Å². The topological polar surface area (TPSA) is 6.48 Å². The van der Waals surface area contributed by atoms with E-state index in [1.165, 1.54) is 0 Å². The Morgan fingerprint density at radius 2 is 1.80 bits per heavy atom. The predicted molar refractivity (Wildman–Crippen MR) is 45.4 cm³/mol. The minimum Gasteiger partial charge on any atom is -0.365 e. The molecule has 0 aliphatic rings. The lowest BCUT2D eigenvalue weighted by molar-refractivity contribution is 0.369. The van der Waals surface area contributed by atoms with Crippen LogP contribution in [0.15, 0.2) is 24.7 Å². The Morgan fingerprint density at radius 1 is 1.30 bits per heavy atom. The molecule has 58 valence electrons. The number of hydrogen-bond donors (Lipinski definition) is 0. The maximum atomic E-state index is 3.87. The first kappa shape index (κ1) is 9.08. The molecule has 0 spiro atoms. The van der Waals surface area contributed by atoms with Crippen molar-refractivity contribution < 1.29 is 0 Å². The summed E-state index contributed by atoms with van der Waals surface area (Å²) in [4.78, 5) is 3.94. The lowest BCUT2D eigenvalue weighted by Crippen LogP contribution is -2.22. The molecule has 0 aliphatic heterocycles. The SMILES string of the molecule is C=C(N(C)C)N(C)/C=C\C. The lowest BCUT2D eigenvalue weighted by Gasteiger charge is -2.23. The molecule has 0 saturated carbocycles. The fourth-order valence-corrected chi connectivity index (χ4v) is 0.625. The molecule has 0 aromatic rings. The molecule has 0 atom stereocenters. The van der Waals surface area contributed by atoms with Crippen LogP contribution in [0, 0.1) is 0 Å². The second kappa shape index (κ2) is 3.99. The molecule has 0 aromatic heterocycles. The molecular formula is C8H16N2. The summed E-state index contributed by atoms with van der Waals surface area (Å²) in [5.74, 6) is 0.984. The van der Waals surface area contributed by atoms with E-state index in [9.17, 15) is 0 Å². The Kier molecular flexibility index (Phi) is 3.62. The Hall–Kier alpha value is -0.920. The highest BCUT2D eigenvalue weighted by Gasteiger charge is 1.97. The highest BCUT2D eigenvalue weighted by molar-refractivity contribution is 4.95. The van der Waals surface area contributed by atoms with Gasteiger partial charge in [-0.2, -0.15) is 0 Å². The molecule has 10 heavy (non-hydrogen) atoms. The molecule has 0 saturated heterocycles. The molecule has 0 amide bonds. The molecule has 2 heteroatoms. The zero-order chi connectivity index (χ0) is 8.15. The van der Waals surface area contributed by atoms with Crippen molar-refractivity contribution in [2.24, 2.45) is 0 Å². The lowest BCUT2D eigenvalue weighted by atomic mass is 10.5. The fraction of sp³-hybridized carbons (Fsp3) is 0.500. The number of nitrogens with zero attached hydrogens (tertiary/aromatic N) is 2. The fourth-order valence-electron chi connectivity index (χ4n) is 0.625. The Labute approximate surface area is 63.4 Å². The van der Waals surface area contributed by atoms with E-state index < -0.39 is 0 Å². The van der Waals surface area contributed by atoms with E-state index in [4.69, 9.17) is 0 Å². The largest absolute Gasteiger partial charge is 0.365 e. The van der Waals surface area contributed by atoms with Crippen LogP contribution >= 0.6 is 0 Å². The molecule has 0 unspecified atom stereocenters. The molecule has 0 fully saturated rings. The van der Waals surface area contributed by atoms with Gasteiger partial charge in [-0.25, -0.2) is 0 Å². The summed E-state index contributed by atoms with van der Waals surface area (Å²) < 4.78 is 0. The summed E-state index contributed by atoms with van der Waals surface area (Å²) in [7, 11) is 5.92. The van der Waals surface area contributed by atoms with Crippen molar-refractivity contribution in [3.05, 3.63) is 24.7 Å². The first-order valence-corrected chi connectivity index (χ1v) is 3.31. The van der Waals surface area contributed by atoms with Gasteiger partial charge in [-0.3, -0.25) is 0 Å². The smallest absolute Gasteiger partial charge is 0.0997 e. The van der Waals surface area contributed by atoms with Crippen LogP contribution in [0.1, 0.15) is 6.92 Å². The molecule has 0 N–H and O–H groups in total. The van der Waals surface area contributed by atoms with Gasteiger partial charge in [0.05, 0.1) is 5.82 Å². The normalized spacial score (nSPS) is 10.0. The summed E-state index contributed by atoms with van der Waals surface area (Å²) in [6, 6.07) is 0. The second-order valence-electron chi connectivity index (χ2n) is 2.40. The summed E-state index contributed by atoms with van der Waals surface area (Å²) in [5.41, 5.74) is 0. The predicted octanol–water partition coefficient (Wildman–Crippen LogP) is 1.48. The van der Waals surface area contributed by atoms with Crippen molar-refractivity contribution in [3.63, 3.8) is 0 Å². The van der Waals surface area contributed by atoms with E-state index in [1.54, 1.807) is 0 Å². The summed E-state index contributed by atoms with van der Waals surface area (Å²) >= 11 is 0. The highest BCUT2D eigenvalue weighted by Crippen LogP contribution is 2.00. The molecule has 0 aromatic carbocycles. The van der Waals surface area contributed by atoms with Crippen molar-refractivity contribution in [1.82, 2.24) is 9.80 Å². The molecule has 0 radical (unpaired) electrons. The van der Waals surface area contributed by atoms with E-state index >= 15 is 0 Å². The van der Waals surface area contributed by atoms with Gasteiger partial charge in [0.2, 0.25) is 0 Å². The van der Waals surface area contributed by atoms with E-state index in [0.29, 0.717) is 0 Å². The van der Waals surface area contributed by atoms with Gasteiger partial charge >= 0.3 is 0 Å². The van der Waals surface area contributed by atoms with Crippen molar-refractivity contribution >= 4 is 0 Å². The number of hydrogen-bond acceptors (Lipinski definition) is 2. The monoisotopic (exact) mass is 140 g/mol. The molecule has 0 rings (SSSR count). The van der Waals surface area contributed by atoms with Crippen molar-refractivity contribution in [1.29, 1.82) is 0 Å². The van der Waals surface area contributed by atoms with Crippen LogP contribution in [0.2, 0.25) is 0 Å². The van der Waals surface area contributed by atoms with E-state index in [-0.39, 0.29) is 0 Å². The molecular weight excluding hydrogens is 124 g/mol. The first-order valence-electron chi connectivity index (χ1n) is 3.31. The van der Waals surface area contributed by atoms with Crippen LogP contribution in [0.25, 0.3) is 0 Å². The zero-order valence-corrected chi connectivity index (χ0v) is 7.26. The minimum atomic E-state index is 0.984. The van der Waals surface area contributed by atoms with Crippen molar-refractivity contribution in [3.8, 4) is 0 Å². The average Bonchev–Trinajstić information content (AvgIpc) is 1.87. The van der Waals surface area contributed by atoms with Crippen LogP contribution in [0.5, 0.6) is 0 Å². The van der Waals surface area contributed by atoms with E-state index in [0.717, 1.165) is 5.82 Å². The Morgan fingerprint density at radius 3 is 2.10 bits per heavy atom. The minimum absolute atomic E-state index is 0.984. The van der Waals surface area contributed by atoms with Gasteiger partial charge in [0.1, 0.15) is 0 Å². The van der Waals surface area contributed by atoms with Gasteiger partial charge in [0, 0.05) is 27.3 Å². The maximum Gasteiger partial charge on any atom is 0.0997 e. The number of allylic oxidation sites excluding steroid dienone is 1. The zero-order valence-electron chi connectivity index (χ0n) is 7.26. The van der Waals surface area contributed by atoms with Crippen LogP contribution in [-0.2, 0) is 0 Å². The van der Waals surface area contributed by atoms with E-state index in [2.05, 4.69) is 6.58 Å². The van der Waals surface area contributed by atoms with Crippen LogP contribution in [0.3, 0.4) is 0 Å². The summed E-state index contributed by atoms with van der Waals surface area (Å²) in [6.07, 6.45) is 3.96. The van der Waals surface area contributed by atoms with Gasteiger partial charge < -0.3 is 9.80 Å². The van der Waals surface area contributed by atoms with Gasteiger partial charge in [0.25, 0.3) is 0 Å². The van der Waals surface area contributed by atoms with Gasteiger partial charge in [-0.15, -0.1) is 0 Å². The first-order chi connectivity index (χ1) is 4.59. The number of rotatable bonds is 3. The molecule has 0 bridgehead atoms. The third kappa shape index (κ3) is 2.58. The standard InChI is InChI=1S/C8H16N2/c1-6-7-10(5)8(2)9(3)4/h6-7H,2H2,1,3-5H3/b7-6-. The molecule has 2 nitrogen and oxygen atoms in total.